The zero-order valence-corrected chi connectivity index (χ0v) is 16.0. The number of amides is 2. The van der Waals surface area contributed by atoms with Crippen LogP contribution in [-0.2, 0) is 4.74 Å². The molecule has 2 saturated heterocycles. The highest BCUT2D eigenvalue weighted by atomic mass is 16.5. The third-order valence-electron chi connectivity index (χ3n) is 5.41. The van der Waals surface area contributed by atoms with Gasteiger partial charge >= 0.3 is 6.03 Å². The molecule has 148 valence electrons. The second-order valence-corrected chi connectivity index (χ2v) is 7.21. The topological polar surface area (TPSA) is 54.0 Å². The fourth-order valence-electron chi connectivity index (χ4n) is 3.81. The second-order valence-electron chi connectivity index (χ2n) is 7.21. The van der Waals surface area contributed by atoms with Gasteiger partial charge in [0.2, 0.25) is 0 Å². The van der Waals surface area contributed by atoms with Gasteiger partial charge in [-0.25, -0.2) is 4.79 Å². The maximum Gasteiger partial charge on any atom is 0.322 e. The third kappa shape index (κ3) is 4.64. The lowest BCUT2D eigenvalue weighted by Gasteiger charge is -2.40. The molecule has 2 amide bonds. The summed E-state index contributed by atoms with van der Waals surface area (Å²) in [6, 6.07) is 17.7. The van der Waals surface area contributed by atoms with E-state index in [4.69, 9.17) is 9.47 Å². The van der Waals surface area contributed by atoms with Gasteiger partial charge in [0.1, 0.15) is 5.75 Å². The minimum atomic E-state index is -0.0734. The molecule has 0 unspecified atom stereocenters. The fraction of sp³-hybridized carbons (Fsp3) is 0.409. The SMILES string of the molecule is O=C(Nc1ccccc1Oc1ccccc1)N1CCN(C2CCOCC2)CC1. The van der Waals surface area contributed by atoms with E-state index in [0.717, 1.165) is 58.0 Å². The van der Waals surface area contributed by atoms with Gasteiger partial charge in [0.15, 0.2) is 5.75 Å². The van der Waals surface area contributed by atoms with Crippen LogP contribution in [-0.4, -0.2) is 61.3 Å². The molecule has 0 spiro atoms. The van der Waals surface area contributed by atoms with E-state index in [-0.39, 0.29) is 6.03 Å². The molecule has 2 heterocycles. The minimum absolute atomic E-state index is 0.0734. The molecule has 0 aromatic heterocycles. The Bertz CT molecular complexity index is 770. The molecule has 1 N–H and O–H groups in total. The van der Waals surface area contributed by atoms with Crippen LogP contribution in [0.4, 0.5) is 10.5 Å². The number of carbonyl (C=O) groups excluding carboxylic acids is 1. The Hall–Kier alpha value is -2.57. The molecule has 0 bridgehead atoms. The number of anilines is 1. The summed E-state index contributed by atoms with van der Waals surface area (Å²) >= 11 is 0. The van der Waals surface area contributed by atoms with E-state index in [0.29, 0.717) is 17.5 Å². The zero-order valence-electron chi connectivity index (χ0n) is 16.0. The van der Waals surface area contributed by atoms with Crippen molar-refractivity contribution >= 4 is 11.7 Å². The van der Waals surface area contributed by atoms with E-state index >= 15 is 0 Å². The summed E-state index contributed by atoms with van der Waals surface area (Å²) in [6.07, 6.45) is 2.19. The van der Waals surface area contributed by atoms with Gasteiger partial charge in [0.05, 0.1) is 5.69 Å². The number of hydrogen-bond acceptors (Lipinski definition) is 4. The lowest BCUT2D eigenvalue weighted by atomic mass is 10.1. The van der Waals surface area contributed by atoms with Crippen LogP contribution in [0.2, 0.25) is 0 Å². The van der Waals surface area contributed by atoms with Crippen molar-refractivity contribution in [1.29, 1.82) is 0 Å². The number of nitrogens with one attached hydrogen (secondary N) is 1. The van der Waals surface area contributed by atoms with Gasteiger partial charge in [0.25, 0.3) is 0 Å². The smallest absolute Gasteiger partial charge is 0.322 e. The molecule has 0 atom stereocenters. The van der Waals surface area contributed by atoms with Crippen LogP contribution in [0.5, 0.6) is 11.5 Å². The number of urea groups is 1. The Morgan fingerprint density at radius 1 is 0.929 bits per heavy atom. The predicted molar refractivity (Wildman–Crippen MR) is 109 cm³/mol. The Labute approximate surface area is 166 Å². The lowest BCUT2D eigenvalue weighted by molar-refractivity contribution is 0.0194. The number of nitrogens with zero attached hydrogens (tertiary/aromatic N) is 2. The van der Waals surface area contributed by atoms with Crippen molar-refractivity contribution in [1.82, 2.24) is 9.80 Å². The van der Waals surface area contributed by atoms with Crippen molar-refractivity contribution in [2.24, 2.45) is 0 Å². The highest BCUT2D eigenvalue weighted by Gasteiger charge is 2.27. The predicted octanol–water partition coefficient (Wildman–Crippen LogP) is 3.81. The Balaban J connectivity index is 1.34. The van der Waals surface area contributed by atoms with Gasteiger partial charge in [-0.1, -0.05) is 30.3 Å². The third-order valence-corrected chi connectivity index (χ3v) is 5.41. The largest absolute Gasteiger partial charge is 0.455 e. The summed E-state index contributed by atoms with van der Waals surface area (Å²) in [5.41, 5.74) is 0.684. The molecule has 2 aromatic rings. The van der Waals surface area contributed by atoms with Crippen LogP contribution >= 0.6 is 0 Å². The van der Waals surface area contributed by atoms with Crippen LogP contribution < -0.4 is 10.1 Å². The number of ether oxygens (including phenoxy) is 2. The van der Waals surface area contributed by atoms with Crippen LogP contribution in [0.3, 0.4) is 0 Å². The molecule has 2 aliphatic rings. The number of piperazine rings is 1. The van der Waals surface area contributed by atoms with Crippen molar-refractivity contribution in [3.05, 3.63) is 54.6 Å². The van der Waals surface area contributed by atoms with Crippen LogP contribution in [0.1, 0.15) is 12.8 Å². The minimum Gasteiger partial charge on any atom is -0.455 e. The highest BCUT2D eigenvalue weighted by molar-refractivity contribution is 5.91. The van der Waals surface area contributed by atoms with E-state index in [1.54, 1.807) is 0 Å². The number of carbonyl (C=O) groups is 1. The number of benzene rings is 2. The van der Waals surface area contributed by atoms with Gasteiger partial charge in [0, 0.05) is 45.4 Å². The fourth-order valence-corrected chi connectivity index (χ4v) is 3.81. The molecule has 2 aromatic carbocycles. The standard InChI is InChI=1S/C22H27N3O3/c26-22(25-14-12-24(13-15-25)18-10-16-27-17-11-18)23-20-8-4-5-9-21(20)28-19-6-2-1-3-7-19/h1-9,18H,10-17H2,(H,23,26). The Morgan fingerprint density at radius 3 is 2.36 bits per heavy atom. The average Bonchev–Trinajstić information content (AvgIpc) is 2.76. The molecule has 0 radical (unpaired) electrons. The molecule has 4 rings (SSSR count). The first-order chi connectivity index (χ1) is 13.8. The number of rotatable bonds is 4. The molecular weight excluding hydrogens is 354 g/mol. The van der Waals surface area contributed by atoms with Crippen molar-refractivity contribution in [2.75, 3.05) is 44.7 Å². The molecule has 2 aliphatic heterocycles. The van der Waals surface area contributed by atoms with Gasteiger partial charge < -0.3 is 19.7 Å². The molecule has 28 heavy (non-hydrogen) atoms. The van der Waals surface area contributed by atoms with Crippen LogP contribution in [0.25, 0.3) is 0 Å². The lowest BCUT2D eigenvalue weighted by Crippen LogP contribution is -2.53. The van der Waals surface area contributed by atoms with E-state index in [2.05, 4.69) is 10.2 Å². The second kappa shape index (κ2) is 9.08. The van der Waals surface area contributed by atoms with Crippen molar-refractivity contribution < 1.29 is 14.3 Å². The molecular formula is C22H27N3O3. The van der Waals surface area contributed by atoms with Crippen LogP contribution in [0.15, 0.2) is 54.6 Å². The summed E-state index contributed by atoms with van der Waals surface area (Å²) in [5, 5.41) is 3.02. The number of hydrogen-bond donors (Lipinski definition) is 1. The molecule has 6 nitrogen and oxygen atoms in total. The first kappa shape index (κ1) is 18.8. The molecule has 0 saturated carbocycles. The van der Waals surface area contributed by atoms with Gasteiger partial charge in [-0.15, -0.1) is 0 Å². The van der Waals surface area contributed by atoms with Crippen molar-refractivity contribution in [3.8, 4) is 11.5 Å². The molecule has 2 fully saturated rings. The summed E-state index contributed by atoms with van der Waals surface area (Å²) < 4.78 is 11.4. The Morgan fingerprint density at radius 2 is 1.61 bits per heavy atom. The van der Waals surface area contributed by atoms with Crippen molar-refractivity contribution in [2.45, 2.75) is 18.9 Å². The monoisotopic (exact) mass is 381 g/mol. The van der Waals surface area contributed by atoms with Gasteiger partial charge in [-0.2, -0.15) is 0 Å². The molecule has 6 heteroatoms. The zero-order chi connectivity index (χ0) is 19.2. The van der Waals surface area contributed by atoms with Gasteiger partial charge in [-0.3, -0.25) is 4.90 Å². The first-order valence-electron chi connectivity index (χ1n) is 9.99. The summed E-state index contributed by atoms with van der Waals surface area (Å²) in [5.74, 6) is 1.39. The quantitative estimate of drug-likeness (QED) is 0.875. The van der Waals surface area contributed by atoms with E-state index in [1.807, 2.05) is 59.5 Å². The van der Waals surface area contributed by atoms with Gasteiger partial charge in [-0.05, 0) is 37.1 Å². The maximum absolute atomic E-state index is 12.8. The number of para-hydroxylation sites is 3. The van der Waals surface area contributed by atoms with Crippen molar-refractivity contribution in [3.63, 3.8) is 0 Å². The van der Waals surface area contributed by atoms with Crippen LogP contribution in [0, 0.1) is 0 Å². The summed E-state index contributed by atoms with van der Waals surface area (Å²) in [7, 11) is 0. The molecule has 0 aliphatic carbocycles. The first-order valence-corrected chi connectivity index (χ1v) is 9.99. The van der Waals surface area contributed by atoms with E-state index in [9.17, 15) is 4.79 Å². The Kier molecular flexibility index (Phi) is 6.09. The highest BCUT2D eigenvalue weighted by Crippen LogP contribution is 2.29. The van der Waals surface area contributed by atoms with E-state index < -0.39 is 0 Å². The average molecular weight is 381 g/mol. The van der Waals surface area contributed by atoms with E-state index in [1.165, 1.54) is 0 Å². The maximum atomic E-state index is 12.8. The summed E-state index contributed by atoms with van der Waals surface area (Å²) in [4.78, 5) is 17.2. The summed E-state index contributed by atoms with van der Waals surface area (Å²) in [6.45, 7) is 5.02. The normalized spacial score (nSPS) is 18.6.